The minimum absolute atomic E-state index is 0.469. The Balaban J connectivity index is 1.88. The van der Waals surface area contributed by atoms with Gasteiger partial charge < -0.3 is 14.6 Å². The average Bonchev–Trinajstić information content (AvgIpc) is 2.88. The molecule has 19 heavy (non-hydrogen) atoms. The maximum atomic E-state index is 5.61. The van der Waals surface area contributed by atoms with Crippen molar-refractivity contribution in [2.45, 2.75) is 19.5 Å². The molecule has 0 spiro atoms. The molecular formula is C14H20N4O. The van der Waals surface area contributed by atoms with Crippen molar-refractivity contribution in [1.29, 1.82) is 0 Å². The molecule has 2 rings (SSSR count). The molecule has 0 aliphatic carbocycles. The summed E-state index contributed by atoms with van der Waals surface area (Å²) < 4.78 is 5.61. The van der Waals surface area contributed by atoms with Crippen LogP contribution in [0, 0.1) is 0 Å². The van der Waals surface area contributed by atoms with Gasteiger partial charge in [0.1, 0.15) is 0 Å². The van der Waals surface area contributed by atoms with Crippen molar-refractivity contribution < 1.29 is 4.42 Å². The molecule has 0 saturated heterocycles. The standard InChI is InChI=1S/C14H20N4O/c1-11(18(2)3)9-15-10-13-16-17-14(19-13)12-7-5-4-6-8-12/h4-8,11,15H,9-10H2,1-3H3. The molecule has 2 aromatic rings. The zero-order valence-corrected chi connectivity index (χ0v) is 11.6. The Morgan fingerprint density at radius 3 is 2.63 bits per heavy atom. The summed E-state index contributed by atoms with van der Waals surface area (Å²) in [4.78, 5) is 2.16. The molecule has 0 radical (unpaired) electrons. The quantitative estimate of drug-likeness (QED) is 0.858. The Morgan fingerprint density at radius 1 is 1.21 bits per heavy atom. The highest BCUT2D eigenvalue weighted by molar-refractivity contribution is 5.51. The second-order valence-corrected chi connectivity index (χ2v) is 4.81. The SMILES string of the molecule is CC(CNCc1nnc(-c2ccccc2)o1)N(C)C. The number of benzene rings is 1. The molecule has 5 nitrogen and oxygen atoms in total. The van der Waals surface area contributed by atoms with E-state index in [0.29, 0.717) is 24.4 Å². The maximum Gasteiger partial charge on any atom is 0.247 e. The third kappa shape index (κ3) is 3.87. The van der Waals surface area contributed by atoms with Gasteiger partial charge in [0, 0.05) is 18.2 Å². The minimum Gasteiger partial charge on any atom is -0.419 e. The van der Waals surface area contributed by atoms with Gasteiger partial charge in [0.2, 0.25) is 11.8 Å². The first kappa shape index (κ1) is 13.7. The van der Waals surface area contributed by atoms with Gasteiger partial charge in [-0.2, -0.15) is 0 Å². The molecule has 0 aliphatic heterocycles. The van der Waals surface area contributed by atoms with Crippen LogP contribution in [0.15, 0.2) is 34.7 Å². The van der Waals surface area contributed by atoms with Gasteiger partial charge in [-0.1, -0.05) is 18.2 Å². The second-order valence-electron chi connectivity index (χ2n) is 4.81. The normalized spacial score (nSPS) is 12.8. The minimum atomic E-state index is 0.469. The molecule has 102 valence electrons. The third-order valence-electron chi connectivity index (χ3n) is 3.09. The van der Waals surface area contributed by atoms with E-state index in [-0.39, 0.29) is 0 Å². The van der Waals surface area contributed by atoms with Gasteiger partial charge in [0.15, 0.2) is 0 Å². The highest BCUT2D eigenvalue weighted by atomic mass is 16.4. The molecule has 0 bridgehead atoms. The Kier molecular flexibility index (Phi) is 4.65. The third-order valence-corrected chi connectivity index (χ3v) is 3.09. The van der Waals surface area contributed by atoms with Crippen molar-refractivity contribution in [3.63, 3.8) is 0 Å². The molecule has 1 aromatic carbocycles. The van der Waals surface area contributed by atoms with Crippen LogP contribution in [0.2, 0.25) is 0 Å². The Labute approximate surface area is 113 Å². The number of aromatic nitrogens is 2. The van der Waals surface area contributed by atoms with Gasteiger partial charge in [0.05, 0.1) is 6.54 Å². The van der Waals surface area contributed by atoms with Gasteiger partial charge in [-0.15, -0.1) is 10.2 Å². The lowest BCUT2D eigenvalue weighted by Crippen LogP contribution is -2.35. The largest absolute Gasteiger partial charge is 0.419 e. The molecule has 0 amide bonds. The first-order valence-electron chi connectivity index (χ1n) is 6.42. The summed E-state index contributed by atoms with van der Waals surface area (Å²) >= 11 is 0. The first-order chi connectivity index (χ1) is 9.16. The van der Waals surface area contributed by atoms with E-state index in [2.05, 4.69) is 41.4 Å². The Bertz CT molecular complexity index is 495. The molecule has 0 aliphatic rings. The zero-order chi connectivity index (χ0) is 13.7. The number of hydrogen-bond donors (Lipinski definition) is 1. The van der Waals surface area contributed by atoms with E-state index < -0.39 is 0 Å². The molecule has 1 aromatic heterocycles. The van der Waals surface area contributed by atoms with Gasteiger partial charge in [0.25, 0.3) is 0 Å². The van der Waals surface area contributed by atoms with Crippen LogP contribution in [0.25, 0.3) is 11.5 Å². The fraction of sp³-hybridized carbons (Fsp3) is 0.429. The fourth-order valence-corrected chi connectivity index (χ4v) is 1.59. The van der Waals surface area contributed by atoms with Gasteiger partial charge in [-0.3, -0.25) is 0 Å². The van der Waals surface area contributed by atoms with Crippen molar-refractivity contribution in [2.75, 3.05) is 20.6 Å². The van der Waals surface area contributed by atoms with E-state index in [4.69, 9.17) is 4.42 Å². The summed E-state index contributed by atoms with van der Waals surface area (Å²) in [6.07, 6.45) is 0. The zero-order valence-electron chi connectivity index (χ0n) is 11.6. The highest BCUT2D eigenvalue weighted by Crippen LogP contribution is 2.16. The lowest BCUT2D eigenvalue weighted by atomic mass is 10.2. The van der Waals surface area contributed by atoms with Crippen LogP contribution < -0.4 is 5.32 Å². The number of hydrogen-bond acceptors (Lipinski definition) is 5. The maximum absolute atomic E-state index is 5.61. The van der Waals surface area contributed by atoms with Crippen LogP contribution in [-0.4, -0.2) is 41.8 Å². The topological polar surface area (TPSA) is 54.2 Å². The molecule has 1 atom stereocenters. The van der Waals surface area contributed by atoms with E-state index in [9.17, 15) is 0 Å². The van der Waals surface area contributed by atoms with Crippen LogP contribution in [0.3, 0.4) is 0 Å². The summed E-state index contributed by atoms with van der Waals surface area (Å²) in [5.74, 6) is 1.18. The number of nitrogens with one attached hydrogen (secondary N) is 1. The van der Waals surface area contributed by atoms with E-state index in [1.807, 2.05) is 30.3 Å². The lowest BCUT2D eigenvalue weighted by Gasteiger charge is -2.19. The van der Waals surface area contributed by atoms with Crippen molar-refractivity contribution in [1.82, 2.24) is 20.4 Å². The van der Waals surface area contributed by atoms with E-state index in [0.717, 1.165) is 12.1 Å². The summed E-state index contributed by atoms with van der Waals surface area (Å²) in [6, 6.07) is 10.3. The van der Waals surface area contributed by atoms with Gasteiger partial charge in [-0.05, 0) is 33.2 Å². The number of likely N-dealkylation sites (N-methyl/N-ethyl adjacent to an activating group) is 1. The molecular weight excluding hydrogens is 240 g/mol. The molecule has 5 heteroatoms. The first-order valence-corrected chi connectivity index (χ1v) is 6.42. The molecule has 1 heterocycles. The monoisotopic (exact) mass is 260 g/mol. The predicted octanol–water partition coefficient (Wildman–Crippen LogP) is 1.78. The van der Waals surface area contributed by atoms with Gasteiger partial charge >= 0.3 is 0 Å². The van der Waals surface area contributed by atoms with Crippen molar-refractivity contribution >= 4 is 0 Å². The summed E-state index contributed by atoms with van der Waals surface area (Å²) in [7, 11) is 4.12. The summed E-state index contributed by atoms with van der Waals surface area (Å²) in [5, 5.41) is 11.4. The Hall–Kier alpha value is -1.72. The summed E-state index contributed by atoms with van der Waals surface area (Å²) in [5.41, 5.74) is 0.947. The number of nitrogens with zero attached hydrogens (tertiary/aromatic N) is 3. The van der Waals surface area contributed by atoms with Crippen LogP contribution >= 0.6 is 0 Å². The predicted molar refractivity (Wildman–Crippen MR) is 74.6 cm³/mol. The van der Waals surface area contributed by atoms with E-state index >= 15 is 0 Å². The smallest absolute Gasteiger partial charge is 0.247 e. The van der Waals surface area contributed by atoms with Crippen LogP contribution in [0.4, 0.5) is 0 Å². The summed E-state index contributed by atoms with van der Waals surface area (Å²) in [6.45, 7) is 3.64. The lowest BCUT2D eigenvalue weighted by molar-refractivity contribution is 0.299. The van der Waals surface area contributed by atoms with Gasteiger partial charge in [-0.25, -0.2) is 0 Å². The molecule has 1 N–H and O–H groups in total. The van der Waals surface area contributed by atoms with Crippen LogP contribution in [0.1, 0.15) is 12.8 Å². The number of rotatable bonds is 6. The molecule has 1 unspecified atom stereocenters. The second kappa shape index (κ2) is 6.45. The van der Waals surface area contributed by atoms with Crippen molar-refractivity contribution in [2.24, 2.45) is 0 Å². The Morgan fingerprint density at radius 2 is 1.95 bits per heavy atom. The highest BCUT2D eigenvalue weighted by Gasteiger charge is 2.09. The fourth-order valence-electron chi connectivity index (χ4n) is 1.59. The van der Waals surface area contributed by atoms with Crippen molar-refractivity contribution in [3.8, 4) is 11.5 Å². The van der Waals surface area contributed by atoms with Crippen molar-refractivity contribution in [3.05, 3.63) is 36.2 Å². The van der Waals surface area contributed by atoms with E-state index in [1.54, 1.807) is 0 Å². The molecule has 0 saturated carbocycles. The van der Waals surface area contributed by atoms with Crippen LogP contribution in [-0.2, 0) is 6.54 Å². The van der Waals surface area contributed by atoms with Crippen LogP contribution in [0.5, 0.6) is 0 Å². The average molecular weight is 260 g/mol. The van der Waals surface area contributed by atoms with E-state index in [1.165, 1.54) is 0 Å². The molecule has 0 fully saturated rings.